The zero-order chi connectivity index (χ0) is 19.4. The number of nitrogens with zero attached hydrogens (tertiary/aromatic N) is 2. The van der Waals surface area contributed by atoms with Gasteiger partial charge in [-0.2, -0.15) is 0 Å². The van der Waals surface area contributed by atoms with Crippen LogP contribution in [0.4, 0.5) is 0 Å². The average Bonchev–Trinajstić information content (AvgIpc) is 2.54. The Morgan fingerprint density at radius 2 is 2.06 bits per heavy atom. The van der Waals surface area contributed by atoms with E-state index in [0.717, 1.165) is 0 Å². The molecule has 0 aromatic carbocycles. The molecule has 0 spiro atoms. The van der Waals surface area contributed by atoms with E-state index in [9.17, 15) is 0 Å². The molecule has 6 heteroatoms. The molecule has 1 aromatic rings. The average molecular weight is 257 g/mol. The minimum atomic E-state index is -3.04. The molecular weight excluding hydrogens is 231 g/mol. The fourth-order valence-electron chi connectivity index (χ4n) is 1.46. The normalized spacial score (nSPS) is 28.4. The molecule has 1 aromatic heterocycles. The summed E-state index contributed by atoms with van der Waals surface area (Å²) in [6.07, 6.45) is -1.11. The van der Waals surface area contributed by atoms with E-state index in [2.05, 4.69) is 14.7 Å². The van der Waals surface area contributed by atoms with Crippen molar-refractivity contribution < 1.29 is 23.6 Å². The standard InChI is InChI=1S/C12H19BN2O3/c1-11(2)12(3,4)18-13(17-11)10-7-14-6-9(15-10)8-16-5/h6-7H,8H2,1-5H3/i5D3,6D,7D,8D2. The highest BCUT2D eigenvalue weighted by molar-refractivity contribution is 6.61. The molecular formula is C12H19BN2O3. The van der Waals surface area contributed by atoms with Gasteiger partial charge in [-0.05, 0) is 27.7 Å². The number of ether oxygens (including phenoxy) is 1. The smallest absolute Gasteiger partial charge is 0.398 e. The SMILES string of the molecule is [2H]c1nc([2H])c(C([2H])([2H])OC([2H])([2H])[2H])nc1B1OC(C)(C)C(C)(C)O1. The van der Waals surface area contributed by atoms with Gasteiger partial charge in [0.15, 0.2) is 0 Å². The third-order valence-electron chi connectivity index (χ3n) is 3.19. The molecule has 0 radical (unpaired) electrons. The van der Waals surface area contributed by atoms with E-state index in [-0.39, 0.29) is 5.59 Å². The van der Waals surface area contributed by atoms with Crippen molar-refractivity contribution in [2.45, 2.75) is 45.5 Å². The second kappa shape index (κ2) is 4.61. The zero-order valence-corrected chi connectivity index (χ0v) is 10.7. The highest BCUT2D eigenvalue weighted by Gasteiger charge is 2.52. The lowest BCUT2D eigenvalue weighted by molar-refractivity contribution is 0.00578. The van der Waals surface area contributed by atoms with Gasteiger partial charge in [0.05, 0.1) is 44.8 Å². The van der Waals surface area contributed by atoms with Crippen molar-refractivity contribution in [1.82, 2.24) is 9.97 Å². The van der Waals surface area contributed by atoms with Crippen molar-refractivity contribution in [2.75, 3.05) is 7.04 Å². The topological polar surface area (TPSA) is 53.5 Å². The molecule has 1 aliphatic rings. The Kier molecular flexibility index (Phi) is 1.79. The number of rotatable bonds is 3. The molecule has 1 aliphatic heterocycles. The third-order valence-corrected chi connectivity index (χ3v) is 3.19. The Labute approximate surface area is 118 Å². The quantitative estimate of drug-likeness (QED) is 0.754. The van der Waals surface area contributed by atoms with Crippen molar-refractivity contribution in [3.63, 3.8) is 0 Å². The van der Waals surface area contributed by atoms with Gasteiger partial charge in [0, 0.05) is 13.2 Å². The highest BCUT2D eigenvalue weighted by atomic mass is 16.7. The molecule has 18 heavy (non-hydrogen) atoms. The summed E-state index contributed by atoms with van der Waals surface area (Å²) >= 11 is 0. The molecule has 0 saturated carbocycles. The van der Waals surface area contributed by atoms with Crippen LogP contribution in [0.1, 0.15) is 43.0 Å². The molecule has 0 aliphatic carbocycles. The zero-order valence-electron chi connectivity index (χ0n) is 17.7. The molecule has 0 N–H and O–H groups in total. The molecule has 1 saturated heterocycles. The first-order valence-electron chi connectivity index (χ1n) is 8.97. The van der Waals surface area contributed by atoms with E-state index in [0.29, 0.717) is 0 Å². The fraction of sp³-hybridized carbons (Fsp3) is 0.667. The lowest BCUT2D eigenvalue weighted by Gasteiger charge is -2.32. The summed E-state index contributed by atoms with van der Waals surface area (Å²) in [5.41, 5.74) is -2.26. The van der Waals surface area contributed by atoms with Gasteiger partial charge in [-0.1, -0.05) is 0 Å². The first-order chi connectivity index (χ1) is 11.1. The second-order valence-corrected chi connectivity index (χ2v) is 4.97. The lowest BCUT2D eigenvalue weighted by atomic mass is 9.85. The monoisotopic (exact) mass is 257 g/mol. The molecule has 98 valence electrons. The van der Waals surface area contributed by atoms with E-state index in [1.165, 1.54) is 0 Å². The van der Waals surface area contributed by atoms with Gasteiger partial charge < -0.3 is 14.0 Å². The third kappa shape index (κ3) is 2.41. The van der Waals surface area contributed by atoms with Gasteiger partial charge in [-0.25, -0.2) is 0 Å². The van der Waals surface area contributed by atoms with Gasteiger partial charge in [0.1, 0.15) is 0 Å². The van der Waals surface area contributed by atoms with Crippen LogP contribution in [-0.2, 0) is 20.6 Å². The Morgan fingerprint density at radius 1 is 1.39 bits per heavy atom. The summed E-state index contributed by atoms with van der Waals surface area (Å²) in [6.45, 7) is 4.27. The van der Waals surface area contributed by atoms with E-state index in [4.69, 9.17) is 18.9 Å². The summed E-state index contributed by atoms with van der Waals surface area (Å²) in [7, 11) is -4.14. The summed E-state index contributed by atoms with van der Waals surface area (Å²) in [5.74, 6) is 0. The maximum absolute atomic E-state index is 7.89. The minimum absolute atomic E-state index is 0.150. The molecule has 0 bridgehead atoms. The molecule has 2 heterocycles. The number of aromatic nitrogens is 2. The first kappa shape index (κ1) is 6.98. The summed E-state index contributed by atoms with van der Waals surface area (Å²) in [6, 6.07) is 0. The van der Waals surface area contributed by atoms with Gasteiger partial charge in [0.25, 0.3) is 0 Å². The van der Waals surface area contributed by atoms with Crippen LogP contribution >= 0.6 is 0 Å². The number of hydrogen-bond donors (Lipinski definition) is 0. The summed E-state index contributed by atoms with van der Waals surface area (Å²) < 4.78 is 68.2. The first-order valence-corrected chi connectivity index (χ1v) is 5.47. The lowest BCUT2D eigenvalue weighted by Crippen LogP contribution is -2.41. The van der Waals surface area contributed by atoms with Gasteiger partial charge in [0.2, 0.25) is 0 Å². The van der Waals surface area contributed by atoms with Crippen LogP contribution in [0.5, 0.6) is 0 Å². The molecule has 0 atom stereocenters. The summed E-state index contributed by atoms with van der Waals surface area (Å²) in [5, 5.41) is 0. The van der Waals surface area contributed by atoms with Crippen molar-refractivity contribution in [2.24, 2.45) is 0 Å². The minimum Gasteiger partial charge on any atom is -0.398 e. The van der Waals surface area contributed by atoms with Crippen molar-refractivity contribution >= 4 is 12.7 Å². The van der Waals surface area contributed by atoms with Crippen LogP contribution in [0.25, 0.3) is 0 Å². The van der Waals surface area contributed by atoms with Crippen LogP contribution in [0.3, 0.4) is 0 Å². The van der Waals surface area contributed by atoms with Crippen LogP contribution in [0.15, 0.2) is 12.3 Å². The van der Waals surface area contributed by atoms with E-state index < -0.39 is 50.0 Å². The Hall–Kier alpha value is -0.975. The predicted octanol–water partition coefficient (Wildman–Crippen LogP) is 0.922. The van der Waals surface area contributed by atoms with Crippen LogP contribution in [0, 0.1) is 0 Å². The number of hydrogen-bond acceptors (Lipinski definition) is 5. The van der Waals surface area contributed by atoms with E-state index in [1.54, 1.807) is 27.7 Å². The number of methoxy groups -OCH3 is 1. The van der Waals surface area contributed by atoms with Crippen molar-refractivity contribution in [1.29, 1.82) is 0 Å². The van der Waals surface area contributed by atoms with Crippen LogP contribution in [0.2, 0.25) is 0 Å². The van der Waals surface area contributed by atoms with E-state index in [1.807, 2.05) is 0 Å². The molecule has 0 amide bonds. The second-order valence-electron chi connectivity index (χ2n) is 4.97. The molecule has 1 fully saturated rings. The van der Waals surface area contributed by atoms with Crippen molar-refractivity contribution in [3.8, 4) is 0 Å². The maximum Gasteiger partial charge on any atom is 0.516 e. The molecule has 5 nitrogen and oxygen atoms in total. The Bertz CT molecular complexity index is 665. The van der Waals surface area contributed by atoms with Crippen LogP contribution < -0.4 is 5.59 Å². The summed E-state index contributed by atoms with van der Waals surface area (Å²) in [4.78, 5) is 7.52. The predicted molar refractivity (Wildman–Crippen MR) is 68.5 cm³/mol. The van der Waals surface area contributed by atoms with E-state index >= 15 is 0 Å². The molecule has 0 unspecified atom stereocenters. The fourth-order valence-corrected chi connectivity index (χ4v) is 1.46. The Balaban J connectivity index is 2.46. The van der Waals surface area contributed by atoms with Crippen molar-refractivity contribution in [3.05, 3.63) is 18.0 Å². The van der Waals surface area contributed by atoms with Gasteiger partial charge >= 0.3 is 7.12 Å². The highest BCUT2D eigenvalue weighted by Crippen LogP contribution is 2.36. The van der Waals surface area contributed by atoms with Gasteiger partial charge in [-0.15, -0.1) is 0 Å². The van der Waals surface area contributed by atoms with Gasteiger partial charge in [-0.3, -0.25) is 9.97 Å². The maximum atomic E-state index is 7.89. The Morgan fingerprint density at radius 3 is 2.67 bits per heavy atom. The van der Waals surface area contributed by atoms with Crippen LogP contribution in [-0.4, -0.2) is 35.3 Å². The molecule has 2 rings (SSSR count). The largest absolute Gasteiger partial charge is 0.516 e.